The molecule has 0 heterocycles. The fourth-order valence-corrected chi connectivity index (χ4v) is 1.43. The van der Waals surface area contributed by atoms with Crippen LogP contribution in [0.3, 0.4) is 0 Å². The summed E-state index contributed by atoms with van der Waals surface area (Å²) >= 11 is 0. The number of rotatable bonds is 4. The number of aliphatic hydroxyl groups is 1. The Morgan fingerprint density at radius 3 is 2.88 bits per heavy atom. The topological polar surface area (TPSA) is 64.3 Å². The van der Waals surface area contributed by atoms with Crippen LogP contribution in [0.1, 0.15) is 22.8 Å². The maximum Gasteiger partial charge on any atom is 0.253 e. The van der Waals surface area contributed by atoms with E-state index >= 15 is 0 Å². The zero-order valence-electron chi connectivity index (χ0n) is 9.18. The van der Waals surface area contributed by atoms with Crippen LogP contribution >= 0.6 is 0 Å². The minimum atomic E-state index is -0.159. The standard InChI is InChI=1S/C12H14N2O2/c1-2-14(6-7-15)12(16)11-5-3-4-10(8-11)9-13/h3-5,8,15H,2,6-7H2,1H3. The van der Waals surface area contributed by atoms with Crippen molar-refractivity contribution in [1.29, 1.82) is 5.26 Å². The van der Waals surface area contributed by atoms with Gasteiger partial charge in [0.1, 0.15) is 0 Å². The molecule has 0 bridgehead atoms. The molecule has 0 saturated carbocycles. The average Bonchev–Trinajstić information content (AvgIpc) is 2.35. The second kappa shape index (κ2) is 5.89. The van der Waals surface area contributed by atoms with Crippen LogP contribution in [-0.2, 0) is 0 Å². The third kappa shape index (κ3) is 2.81. The minimum absolute atomic E-state index is 0.0580. The second-order valence-electron chi connectivity index (χ2n) is 3.30. The highest BCUT2D eigenvalue weighted by atomic mass is 16.3. The molecule has 1 aromatic rings. The van der Waals surface area contributed by atoms with Crippen molar-refractivity contribution in [3.8, 4) is 6.07 Å². The molecule has 84 valence electrons. The van der Waals surface area contributed by atoms with Crippen molar-refractivity contribution in [2.75, 3.05) is 19.7 Å². The maximum absolute atomic E-state index is 11.9. The third-order valence-electron chi connectivity index (χ3n) is 2.28. The lowest BCUT2D eigenvalue weighted by Gasteiger charge is -2.19. The molecule has 0 fully saturated rings. The maximum atomic E-state index is 11.9. The summed E-state index contributed by atoms with van der Waals surface area (Å²) < 4.78 is 0. The predicted molar refractivity (Wildman–Crippen MR) is 59.8 cm³/mol. The number of likely N-dealkylation sites (N-methyl/N-ethyl adjacent to an activating group) is 1. The van der Waals surface area contributed by atoms with Gasteiger partial charge in [-0.3, -0.25) is 4.79 Å². The Morgan fingerprint density at radius 1 is 1.56 bits per heavy atom. The summed E-state index contributed by atoms with van der Waals surface area (Å²) in [6, 6.07) is 8.55. The van der Waals surface area contributed by atoms with Gasteiger partial charge < -0.3 is 10.0 Å². The van der Waals surface area contributed by atoms with Gasteiger partial charge in [-0.05, 0) is 25.1 Å². The van der Waals surface area contributed by atoms with Crippen molar-refractivity contribution in [2.45, 2.75) is 6.92 Å². The Balaban J connectivity index is 2.90. The fraction of sp³-hybridized carbons (Fsp3) is 0.333. The molecule has 0 radical (unpaired) electrons. The molecular weight excluding hydrogens is 204 g/mol. The molecule has 0 aromatic heterocycles. The summed E-state index contributed by atoms with van der Waals surface area (Å²) in [5.74, 6) is -0.159. The summed E-state index contributed by atoms with van der Waals surface area (Å²) in [6.45, 7) is 2.64. The number of carbonyl (C=O) groups excluding carboxylic acids is 1. The van der Waals surface area contributed by atoms with Crippen LogP contribution in [0.2, 0.25) is 0 Å². The number of nitrogens with zero attached hydrogens (tertiary/aromatic N) is 2. The quantitative estimate of drug-likeness (QED) is 0.820. The van der Waals surface area contributed by atoms with Crippen LogP contribution in [0.5, 0.6) is 0 Å². The lowest BCUT2D eigenvalue weighted by atomic mass is 10.1. The normalized spacial score (nSPS) is 9.56. The van der Waals surface area contributed by atoms with Gasteiger partial charge in [0.25, 0.3) is 5.91 Å². The van der Waals surface area contributed by atoms with Crippen molar-refractivity contribution >= 4 is 5.91 Å². The number of hydrogen-bond donors (Lipinski definition) is 1. The zero-order chi connectivity index (χ0) is 12.0. The lowest BCUT2D eigenvalue weighted by Crippen LogP contribution is -2.33. The highest BCUT2D eigenvalue weighted by molar-refractivity contribution is 5.94. The van der Waals surface area contributed by atoms with Crippen LogP contribution in [0.25, 0.3) is 0 Å². The number of aliphatic hydroxyl groups excluding tert-OH is 1. The van der Waals surface area contributed by atoms with Gasteiger partial charge in [-0.2, -0.15) is 5.26 Å². The van der Waals surface area contributed by atoms with Gasteiger partial charge in [-0.1, -0.05) is 6.07 Å². The van der Waals surface area contributed by atoms with E-state index in [9.17, 15) is 4.79 Å². The van der Waals surface area contributed by atoms with E-state index in [1.54, 1.807) is 24.3 Å². The van der Waals surface area contributed by atoms with Crippen molar-refractivity contribution in [2.24, 2.45) is 0 Å². The number of nitriles is 1. The van der Waals surface area contributed by atoms with Gasteiger partial charge in [-0.15, -0.1) is 0 Å². The summed E-state index contributed by atoms with van der Waals surface area (Å²) in [6.07, 6.45) is 0. The molecular formula is C12H14N2O2. The van der Waals surface area contributed by atoms with E-state index in [4.69, 9.17) is 10.4 Å². The molecule has 1 amide bonds. The highest BCUT2D eigenvalue weighted by Gasteiger charge is 2.13. The van der Waals surface area contributed by atoms with E-state index in [1.165, 1.54) is 4.90 Å². The Hall–Kier alpha value is -1.86. The van der Waals surface area contributed by atoms with Gasteiger partial charge in [0.2, 0.25) is 0 Å². The average molecular weight is 218 g/mol. The van der Waals surface area contributed by atoms with Gasteiger partial charge >= 0.3 is 0 Å². The Morgan fingerprint density at radius 2 is 2.31 bits per heavy atom. The van der Waals surface area contributed by atoms with Gasteiger partial charge in [-0.25, -0.2) is 0 Å². The van der Waals surface area contributed by atoms with E-state index in [-0.39, 0.29) is 12.5 Å². The van der Waals surface area contributed by atoms with E-state index in [0.717, 1.165) is 0 Å². The minimum Gasteiger partial charge on any atom is -0.395 e. The van der Waals surface area contributed by atoms with Crippen LogP contribution in [0.4, 0.5) is 0 Å². The SMILES string of the molecule is CCN(CCO)C(=O)c1cccc(C#N)c1. The molecule has 1 rings (SSSR count). The number of hydrogen-bond acceptors (Lipinski definition) is 3. The molecule has 0 aliphatic rings. The zero-order valence-corrected chi connectivity index (χ0v) is 9.18. The molecule has 0 aliphatic heterocycles. The Kier molecular flexibility index (Phi) is 4.49. The Bertz CT molecular complexity index is 410. The third-order valence-corrected chi connectivity index (χ3v) is 2.28. The first-order valence-electron chi connectivity index (χ1n) is 5.13. The van der Waals surface area contributed by atoms with Crippen LogP contribution in [0, 0.1) is 11.3 Å². The van der Waals surface area contributed by atoms with Crippen LogP contribution < -0.4 is 0 Å². The van der Waals surface area contributed by atoms with E-state index in [1.807, 2.05) is 13.0 Å². The molecule has 1 N–H and O–H groups in total. The highest BCUT2D eigenvalue weighted by Crippen LogP contribution is 2.07. The second-order valence-corrected chi connectivity index (χ2v) is 3.30. The van der Waals surface area contributed by atoms with E-state index < -0.39 is 0 Å². The summed E-state index contributed by atoms with van der Waals surface area (Å²) in [5.41, 5.74) is 0.945. The van der Waals surface area contributed by atoms with Crippen molar-refractivity contribution in [3.63, 3.8) is 0 Å². The largest absolute Gasteiger partial charge is 0.395 e. The first kappa shape index (κ1) is 12.2. The Labute approximate surface area is 94.7 Å². The first-order chi connectivity index (χ1) is 7.72. The lowest BCUT2D eigenvalue weighted by molar-refractivity contribution is 0.0732. The van der Waals surface area contributed by atoms with Crippen molar-refractivity contribution in [1.82, 2.24) is 4.90 Å². The molecule has 4 heteroatoms. The summed E-state index contributed by atoms with van der Waals surface area (Å²) in [5, 5.41) is 17.5. The van der Waals surface area contributed by atoms with Gasteiger partial charge in [0.05, 0.1) is 18.2 Å². The predicted octanol–water partition coefficient (Wildman–Crippen LogP) is 1.01. The molecule has 0 spiro atoms. The molecule has 0 unspecified atom stereocenters. The summed E-state index contributed by atoms with van der Waals surface area (Å²) in [7, 11) is 0. The summed E-state index contributed by atoms with van der Waals surface area (Å²) in [4.78, 5) is 13.5. The first-order valence-corrected chi connectivity index (χ1v) is 5.13. The van der Waals surface area contributed by atoms with Crippen molar-refractivity contribution in [3.05, 3.63) is 35.4 Å². The fourth-order valence-electron chi connectivity index (χ4n) is 1.43. The molecule has 0 aliphatic carbocycles. The van der Waals surface area contributed by atoms with E-state index in [0.29, 0.717) is 24.2 Å². The van der Waals surface area contributed by atoms with Gasteiger partial charge in [0.15, 0.2) is 0 Å². The molecule has 0 saturated heterocycles. The molecule has 1 aromatic carbocycles. The van der Waals surface area contributed by atoms with Gasteiger partial charge in [0, 0.05) is 18.7 Å². The van der Waals surface area contributed by atoms with Crippen LogP contribution in [-0.4, -0.2) is 35.6 Å². The molecule has 16 heavy (non-hydrogen) atoms. The van der Waals surface area contributed by atoms with Crippen LogP contribution in [0.15, 0.2) is 24.3 Å². The van der Waals surface area contributed by atoms with E-state index in [2.05, 4.69) is 0 Å². The smallest absolute Gasteiger partial charge is 0.253 e. The number of amides is 1. The number of benzene rings is 1. The number of carbonyl (C=O) groups is 1. The molecule has 0 atom stereocenters. The molecule has 4 nitrogen and oxygen atoms in total. The van der Waals surface area contributed by atoms with Crippen molar-refractivity contribution < 1.29 is 9.90 Å². The monoisotopic (exact) mass is 218 g/mol.